The summed E-state index contributed by atoms with van der Waals surface area (Å²) < 4.78 is 9.63. The highest BCUT2D eigenvalue weighted by atomic mass is 16.6. The van der Waals surface area contributed by atoms with E-state index in [2.05, 4.69) is 6.58 Å². The molecule has 0 bridgehead atoms. The van der Waals surface area contributed by atoms with Gasteiger partial charge < -0.3 is 19.5 Å². The maximum atomic E-state index is 11.3. The van der Waals surface area contributed by atoms with Gasteiger partial charge in [-0.25, -0.2) is 4.79 Å². The van der Waals surface area contributed by atoms with Gasteiger partial charge >= 0.3 is 6.09 Å². The van der Waals surface area contributed by atoms with Crippen LogP contribution in [0, 0.1) is 0 Å². The summed E-state index contributed by atoms with van der Waals surface area (Å²) in [6.07, 6.45) is 1.03. The molecule has 0 radical (unpaired) electrons. The SMILES string of the molecule is C=CCOC(=O)N(CCO)CCOC. The first-order valence-corrected chi connectivity index (χ1v) is 4.38. The van der Waals surface area contributed by atoms with Gasteiger partial charge in [-0.2, -0.15) is 0 Å². The number of hydrogen-bond donors (Lipinski definition) is 1. The van der Waals surface area contributed by atoms with Crippen molar-refractivity contribution in [3.63, 3.8) is 0 Å². The summed E-state index contributed by atoms with van der Waals surface area (Å²) in [6.45, 7) is 4.59. The second-order valence-corrected chi connectivity index (χ2v) is 2.57. The molecule has 0 saturated heterocycles. The fourth-order valence-corrected chi connectivity index (χ4v) is 0.838. The molecule has 0 rings (SSSR count). The highest BCUT2D eigenvalue weighted by Gasteiger charge is 2.12. The molecular formula is C9H17NO4. The van der Waals surface area contributed by atoms with E-state index in [1.54, 1.807) is 7.11 Å². The molecular weight excluding hydrogens is 186 g/mol. The molecule has 5 heteroatoms. The fraction of sp³-hybridized carbons (Fsp3) is 0.667. The van der Waals surface area contributed by atoms with Gasteiger partial charge in [0.2, 0.25) is 0 Å². The number of aliphatic hydroxyl groups excluding tert-OH is 1. The largest absolute Gasteiger partial charge is 0.445 e. The molecule has 0 aromatic carbocycles. The third kappa shape index (κ3) is 5.55. The Morgan fingerprint density at radius 3 is 2.79 bits per heavy atom. The van der Waals surface area contributed by atoms with Crippen LogP contribution in [0.4, 0.5) is 4.79 Å². The van der Waals surface area contributed by atoms with E-state index in [0.717, 1.165) is 0 Å². The molecule has 0 atom stereocenters. The molecule has 1 amide bonds. The van der Waals surface area contributed by atoms with Gasteiger partial charge in [-0.05, 0) is 0 Å². The number of rotatable bonds is 7. The van der Waals surface area contributed by atoms with Crippen LogP contribution in [-0.2, 0) is 9.47 Å². The average molecular weight is 203 g/mol. The van der Waals surface area contributed by atoms with E-state index in [9.17, 15) is 4.79 Å². The lowest BCUT2D eigenvalue weighted by Crippen LogP contribution is -2.36. The third-order valence-electron chi connectivity index (χ3n) is 1.52. The van der Waals surface area contributed by atoms with Gasteiger partial charge in [0.25, 0.3) is 0 Å². The molecule has 0 saturated carbocycles. The number of aliphatic hydroxyl groups is 1. The first-order valence-electron chi connectivity index (χ1n) is 4.38. The maximum absolute atomic E-state index is 11.3. The van der Waals surface area contributed by atoms with Crippen molar-refractivity contribution in [3.05, 3.63) is 12.7 Å². The van der Waals surface area contributed by atoms with Gasteiger partial charge in [0.1, 0.15) is 6.61 Å². The lowest BCUT2D eigenvalue weighted by Gasteiger charge is -2.20. The molecule has 0 heterocycles. The molecule has 0 aliphatic heterocycles. The van der Waals surface area contributed by atoms with E-state index in [1.165, 1.54) is 11.0 Å². The smallest absolute Gasteiger partial charge is 0.410 e. The number of hydrogen-bond acceptors (Lipinski definition) is 4. The van der Waals surface area contributed by atoms with Crippen molar-refractivity contribution in [3.8, 4) is 0 Å². The van der Waals surface area contributed by atoms with E-state index in [0.29, 0.717) is 13.2 Å². The zero-order chi connectivity index (χ0) is 10.8. The van der Waals surface area contributed by atoms with Crippen molar-refractivity contribution in [1.82, 2.24) is 4.90 Å². The van der Waals surface area contributed by atoms with Crippen LogP contribution in [0.3, 0.4) is 0 Å². The molecule has 0 aliphatic rings. The van der Waals surface area contributed by atoms with E-state index in [4.69, 9.17) is 14.6 Å². The summed E-state index contributed by atoms with van der Waals surface area (Å²) in [5.41, 5.74) is 0. The Morgan fingerprint density at radius 1 is 1.57 bits per heavy atom. The third-order valence-corrected chi connectivity index (χ3v) is 1.52. The second kappa shape index (κ2) is 8.52. The minimum Gasteiger partial charge on any atom is -0.445 e. The first kappa shape index (κ1) is 12.9. The Balaban J connectivity index is 3.89. The standard InChI is InChI=1S/C9H17NO4/c1-3-7-14-9(12)10(4-6-11)5-8-13-2/h3,11H,1,4-8H2,2H3. The van der Waals surface area contributed by atoms with Crippen LogP contribution < -0.4 is 0 Å². The number of amides is 1. The molecule has 14 heavy (non-hydrogen) atoms. The quantitative estimate of drug-likeness (QED) is 0.602. The van der Waals surface area contributed by atoms with Crippen LogP contribution in [-0.4, -0.2) is 56.1 Å². The monoisotopic (exact) mass is 203 g/mol. The lowest BCUT2D eigenvalue weighted by molar-refractivity contribution is 0.0864. The molecule has 0 aromatic heterocycles. The molecule has 0 unspecified atom stereocenters. The number of carbonyl (C=O) groups excluding carboxylic acids is 1. The van der Waals surface area contributed by atoms with Crippen LogP contribution in [0.2, 0.25) is 0 Å². The predicted molar refractivity (Wildman–Crippen MR) is 52.1 cm³/mol. The Hall–Kier alpha value is -1.07. The van der Waals surface area contributed by atoms with Crippen molar-refractivity contribution < 1.29 is 19.4 Å². The van der Waals surface area contributed by atoms with E-state index in [-0.39, 0.29) is 19.8 Å². The maximum Gasteiger partial charge on any atom is 0.410 e. The predicted octanol–water partition coefficient (Wildman–Crippen LogP) is 0.250. The van der Waals surface area contributed by atoms with Crippen LogP contribution in [0.15, 0.2) is 12.7 Å². The van der Waals surface area contributed by atoms with E-state index in [1.807, 2.05) is 0 Å². The zero-order valence-electron chi connectivity index (χ0n) is 8.44. The summed E-state index contributed by atoms with van der Waals surface area (Å²) in [5, 5.41) is 8.70. The Bertz CT molecular complexity index is 172. The Kier molecular flexibility index (Phi) is 7.87. The van der Waals surface area contributed by atoms with Gasteiger partial charge in [0, 0.05) is 20.2 Å². The summed E-state index contributed by atoms with van der Waals surface area (Å²) in [5.74, 6) is 0. The Labute approximate surface area is 83.9 Å². The molecule has 0 fully saturated rings. The fourth-order valence-electron chi connectivity index (χ4n) is 0.838. The molecule has 1 N–H and O–H groups in total. The van der Waals surface area contributed by atoms with Crippen molar-refractivity contribution in [2.45, 2.75) is 0 Å². The number of nitrogens with zero attached hydrogens (tertiary/aromatic N) is 1. The second-order valence-electron chi connectivity index (χ2n) is 2.57. The molecule has 5 nitrogen and oxygen atoms in total. The Morgan fingerprint density at radius 2 is 2.29 bits per heavy atom. The van der Waals surface area contributed by atoms with Gasteiger partial charge in [-0.15, -0.1) is 0 Å². The molecule has 0 spiro atoms. The van der Waals surface area contributed by atoms with Gasteiger partial charge in [0.15, 0.2) is 0 Å². The average Bonchev–Trinajstić information content (AvgIpc) is 2.20. The minimum atomic E-state index is -0.462. The van der Waals surface area contributed by atoms with E-state index < -0.39 is 6.09 Å². The van der Waals surface area contributed by atoms with Crippen molar-refractivity contribution in [1.29, 1.82) is 0 Å². The summed E-state index contributed by atoms with van der Waals surface area (Å²) in [4.78, 5) is 12.7. The topological polar surface area (TPSA) is 59.0 Å². The van der Waals surface area contributed by atoms with Crippen LogP contribution in [0.5, 0.6) is 0 Å². The minimum absolute atomic E-state index is 0.0904. The van der Waals surface area contributed by atoms with Gasteiger partial charge in [-0.3, -0.25) is 0 Å². The molecule has 82 valence electrons. The lowest BCUT2D eigenvalue weighted by atomic mass is 10.5. The van der Waals surface area contributed by atoms with Crippen LogP contribution >= 0.6 is 0 Å². The number of carbonyl (C=O) groups is 1. The van der Waals surface area contributed by atoms with Crippen molar-refractivity contribution in [2.75, 3.05) is 40.0 Å². The normalized spacial score (nSPS) is 9.57. The molecule has 0 aliphatic carbocycles. The highest BCUT2D eigenvalue weighted by Crippen LogP contribution is 1.94. The van der Waals surface area contributed by atoms with Gasteiger partial charge in [0.05, 0.1) is 13.2 Å². The number of ether oxygens (including phenoxy) is 2. The van der Waals surface area contributed by atoms with Gasteiger partial charge in [-0.1, -0.05) is 12.7 Å². The van der Waals surface area contributed by atoms with Crippen LogP contribution in [0.25, 0.3) is 0 Å². The summed E-state index contributed by atoms with van der Waals surface area (Å²) in [6, 6.07) is 0. The number of methoxy groups -OCH3 is 1. The van der Waals surface area contributed by atoms with Crippen LogP contribution in [0.1, 0.15) is 0 Å². The van der Waals surface area contributed by atoms with Crippen molar-refractivity contribution >= 4 is 6.09 Å². The molecule has 0 aromatic rings. The zero-order valence-corrected chi connectivity index (χ0v) is 8.44. The van der Waals surface area contributed by atoms with Crippen molar-refractivity contribution in [2.24, 2.45) is 0 Å². The van der Waals surface area contributed by atoms with E-state index >= 15 is 0 Å². The summed E-state index contributed by atoms with van der Waals surface area (Å²) >= 11 is 0. The highest BCUT2D eigenvalue weighted by molar-refractivity contribution is 5.67. The summed E-state index contributed by atoms with van der Waals surface area (Å²) in [7, 11) is 1.55. The first-order chi connectivity index (χ1) is 6.76.